The Kier molecular flexibility index (Phi) is 5.11. The molecule has 0 atom stereocenters. The molecule has 0 radical (unpaired) electrons. The molecule has 0 unspecified atom stereocenters. The summed E-state index contributed by atoms with van der Waals surface area (Å²) in [5, 5.41) is 8.38. The van der Waals surface area contributed by atoms with Crippen molar-refractivity contribution in [2.75, 3.05) is 12.8 Å². The molecule has 5 nitrogen and oxygen atoms in total. The van der Waals surface area contributed by atoms with Crippen LogP contribution in [0.1, 0.15) is 11.1 Å². The summed E-state index contributed by atoms with van der Waals surface area (Å²) in [6, 6.07) is 8.84. The number of hydrogen-bond donors (Lipinski definition) is 1. The zero-order chi connectivity index (χ0) is 18.8. The van der Waals surface area contributed by atoms with Crippen LogP contribution in [0.5, 0.6) is 5.75 Å². The van der Waals surface area contributed by atoms with Crippen molar-refractivity contribution in [2.24, 2.45) is 0 Å². The summed E-state index contributed by atoms with van der Waals surface area (Å²) < 4.78 is 33.6. The summed E-state index contributed by atoms with van der Waals surface area (Å²) in [6.07, 6.45) is 0. The number of nitrogens with zero attached hydrogens (tertiary/aromatic N) is 3. The van der Waals surface area contributed by atoms with Crippen molar-refractivity contribution >= 4 is 40.1 Å². The summed E-state index contributed by atoms with van der Waals surface area (Å²) in [4.78, 5) is 8.14. The van der Waals surface area contributed by atoms with E-state index in [4.69, 9.17) is 27.3 Å². The Balaban J connectivity index is 2.01. The van der Waals surface area contributed by atoms with E-state index in [-0.39, 0.29) is 21.9 Å². The van der Waals surface area contributed by atoms with Crippen molar-refractivity contribution < 1.29 is 13.5 Å². The lowest BCUT2D eigenvalue weighted by atomic mass is 10.1. The van der Waals surface area contributed by atoms with Crippen molar-refractivity contribution in [3.05, 3.63) is 52.0 Å². The van der Waals surface area contributed by atoms with Gasteiger partial charge in [-0.3, -0.25) is 0 Å². The average Bonchev–Trinajstić information content (AvgIpc) is 2.64. The van der Waals surface area contributed by atoms with Gasteiger partial charge in [-0.05, 0) is 17.7 Å². The Hall–Kier alpha value is -2.63. The minimum absolute atomic E-state index is 0.165. The van der Waals surface area contributed by atoms with Gasteiger partial charge in [-0.2, -0.15) is 5.26 Å². The van der Waals surface area contributed by atoms with Crippen LogP contribution in [0.3, 0.4) is 0 Å². The van der Waals surface area contributed by atoms with E-state index in [1.807, 2.05) is 24.3 Å². The van der Waals surface area contributed by atoms with E-state index in [9.17, 15) is 8.78 Å². The molecule has 0 spiro atoms. The van der Waals surface area contributed by atoms with Gasteiger partial charge in [-0.15, -0.1) is 0 Å². The van der Waals surface area contributed by atoms with Gasteiger partial charge in [-0.1, -0.05) is 35.5 Å². The van der Waals surface area contributed by atoms with Crippen LogP contribution in [-0.4, -0.2) is 17.1 Å². The molecule has 0 aliphatic rings. The van der Waals surface area contributed by atoms with E-state index in [1.165, 1.54) is 17.8 Å². The summed E-state index contributed by atoms with van der Waals surface area (Å²) in [7, 11) is 1.57. The lowest BCUT2D eigenvalue weighted by Crippen LogP contribution is -2.03. The maximum atomic E-state index is 14.3. The van der Waals surface area contributed by atoms with Crippen molar-refractivity contribution in [1.29, 1.82) is 5.26 Å². The van der Waals surface area contributed by atoms with Crippen molar-refractivity contribution in [1.82, 2.24) is 9.97 Å². The van der Waals surface area contributed by atoms with Gasteiger partial charge < -0.3 is 10.5 Å². The normalized spacial score (nSPS) is 10.7. The first-order valence-electron chi connectivity index (χ1n) is 7.25. The summed E-state index contributed by atoms with van der Waals surface area (Å²) in [5.41, 5.74) is 5.77. The van der Waals surface area contributed by atoms with Gasteiger partial charge in [0.1, 0.15) is 33.7 Å². The number of benzene rings is 2. The minimum Gasteiger partial charge on any atom is -0.497 e. The molecule has 9 heteroatoms. The number of methoxy groups -OCH3 is 1. The lowest BCUT2D eigenvalue weighted by Gasteiger charge is -2.10. The molecule has 2 aromatic carbocycles. The van der Waals surface area contributed by atoms with Crippen LogP contribution in [-0.2, 0) is 5.75 Å². The fourth-order valence-corrected chi connectivity index (χ4v) is 3.37. The Bertz CT molecular complexity index is 1060. The molecular weight excluding hydrogens is 382 g/mol. The number of halogens is 3. The Labute approximate surface area is 156 Å². The molecule has 0 amide bonds. The van der Waals surface area contributed by atoms with Gasteiger partial charge in [0.15, 0.2) is 16.8 Å². The van der Waals surface area contributed by atoms with Crippen LogP contribution < -0.4 is 10.5 Å². The van der Waals surface area contributed by atoms with Crippen molar-refractivity contribution in [3.63, 3.8) is 0 Å². The number of hydrogen-bond acceptors (Lipinski definition) is 6. The monoisotopic (exact) mass is 392 g/mol. The molecule has 26 heavy (non-hydrogen) atoms. The van der Waals surface area contributed by atoms with Crippen LogP contribution in [0.25, 0.3) is 10.9 Å². The third-order valence-corrected chi connectivity index (χ3v) is 4.85. The second-order valence-electron chi connectivity index (χ2n) is 5.18. The molecule has 0 saturated heterocycles. The van der Waals surface area contributed by atoms with E-state index >= 15 is 0 Å². The van der Waals surface area contributed by atoms with Gasteiger partial charge in [0.25, 0.3) is 0 Å². The first-order valence-corrected chi connectivity index (χ1v) is 8.62. The standard InChI is InChI=1S/C17H11ClF2N4OS/c1-25-9-4-2-3-8(5-9)7-26-17-23-15-11(16(22)24-17)13(19)10(6-21)14(20)12(15)18/h2-5H,7H2,1H3,(H2,22,23,24). The number of ether oxygens (including phenoxy) is 1. The SMILES string of the molecule is COc1cccc(CSc2nc(N)c3c(F)c(C#N)c(F)c(Cl)c3n2)c1. The Morgan fingerprint density at radius 2 is 2.08 bits per heavy atom. The number of nitrogen functional groups attached to an aromatic ring is 1. The number of thioether (sulfide) groups is 1. The second-order valence-corrected chi connectivity index (χ2v) is 6.50. The Morgan fingerprint density at radius 1 is 1.31 bits per heavy atom. The van der Waals surface area contributed by atoms with E-state index in [2.05, 4.69) is 9.97 Å². The van der Waals surface area contributed by atoms with Gasteiger partial charge in [-0.25, -0.2) is 18.7 Å². The highest BCUT2D eigenvalue weighted by atomic mass is 35.5. The summed E-state index contributed by atoms with van der Waals surface area (Å²) in [5.74, 6) is -1.30. The molecule has 1 heterocycles. The molecule has 1 aromatic heterocycles. The Morgan fingerprint density at radius 3 is 2.77 bits per heavy atom. The highest BCUT2D eigenvalue weighted by molar-refractivity contribution is 7.98. The van der Waals surface area contributed by atoms with Gasteiger partial charge >= 0.3 is 0 Å². The largest absolute Gasteiger partial charge is 0.497 e. The third-order valence-electron chi connectivity index (χ3n) is 3.59. The van der Waals surface area contributed by atoms with Crippen LogP contribution in [0.4, 0.5) is 14.6 Å². The topological polar surface area (TPSA) is 84.8 Å². The van der Waals surface area contributed by atoms with Crippen LogP contribution in [0.2, 0.25) is 5.02 Å². The van der Waals surface area contributed by atoms with E-state index in [0.29, 0.717) is 11.5 Å². The van der Waals surface area contributed by atoms with Gasteiger partial charge in [0.2, 0.25) is 0 Å². The number of fused-ring (bicyclic) bond motifs is 1. The van der Waals surface area contributed by atoms with E-state index < -0.39 is 22.2 Å². The van der Waals surface area contributed by atoms with Gasteiger partial charge in [0.05, 0.1) is 12.5 Å². The minimum atomic E-state index is -1.17. The molecule has 3 rings (SSSR count). The molecule has 0 fully saturated rings. The first kappa shape index (κ1) is 18.2. The zero-order valence-electron chi connectivity index (χ0n) is 13.4. The maximum absolute atomic E-state index is 14.3. The number of rotatable bonds is 4. The van der Waals surface area contributed by atoms with Crippen LogP contribution >= 0.6 is 23.4 Å². The predicted molar refractivity (Wildman–Crippen MR) is 96.1 cm³/mol. The molecule has 0 aliphatic carbocycles. The third kappa shape index (κ3) is 3.23. The first-order chi connectivity index (χ1) is 12.5. The number of anilines is 1. The number of nitrogens with two attached hydrogens (primary N) is 1. The summed E-state index contributed by atoms with van der Waals surface area (Å²) >= 11 is 7.14. The fraction of sp³-hybridized carbons (Fsp3) is 0.118. The highest BCUT2D eigenvalue weighted by Crippen LogP contribution is 2.35. The molecule has 0 bridgehead atoms. The van der Waals surface area contributed by atoms with Crippen LogP contribution in [0, 0.1) is 23.0 Å². The van der Waals surface area contributed by atoms with Crippen molar-refractivity contribution in [2.45, 2.75) is 10.9 Å². The van der Waals surface area contributed by atoms with E-state index in [1.54, 1.807) is 7.11 Å². The number of nitriles is 1. The smallest absolute Gasteiger partial charge is 0.190 e. The molecule has 0 aliphatic heterocycles. The second kappa shape index (κ2) is 7.32. The maximum Gasteiger partial charge on any atom is 0.190 e. The number of aromatic nitrogens is 2. The predicted octanol–water partition coefficient (Wildman–Crippen LogP) is 4.32. The molecule has 132 valence electrons. The van der Waals surface area contributed by atoms with Gasteiger partial charge in [0, 0.05) is 5.75 Å². The lowest BCUT2D eigenvalue weighted by molar-refractivity contribution is 0.414. The summed E-state index contributed by atoms with van der Waals surface area (Å²) in [6.45, 7) is 0. The average molecular weight is 393 g/mol. The fourth-order valence-electron chi connectivity index (χ4n) is 2.34. The highest BCUT2D eigenvalue weighted by Gasteiger charge is 2.23. The molecule has 3 aromatic rings. The van der Waals surface area contributed by atoms with E-state index in [0.717, 1.165) is 5.56 Å². The molecular formula is C17H11ClF2N4OS. The van der Waals surface area contributed by atoms with Crippen molar-refractivity contribution in [3.8, 4) is 11.8 Å². The molecule has 0 saturated carbocycles. The molecule has 2 N–H and O–H groups in total. The quantitative estimate of drug-likeness (QED) is 0.404. The zero-order valence-corrected chi connectivity index (χ0v) is 15.0. The van der Waals surface area contributed by atoms with Crippen LogP contribution in [0.15, 0.2) is 29.4 Å².